The standard InChI is InChI=1S/C15H29NO/c1-6-8-9-10-14(16-7-2)15-11(3)12(4)17-13(15)5/h6,11-16H,1,7-10H2,2-5H3. The molecular weight excluding hydrogens is 210 g/mol. The third kappa shape index (κ3) is 3.82. The van der Waals surface area contributed by atoms with Gasteiger partial charge in [0.25, 0.3) is 0 Å². The quantitative estimate of drug-likeness (QED) is 0.543. The van der Waals surface area contributed by atoms with Gasteiger partial charge in [-0.15, -0.1) is 6.58 Å². The van der Waals surface area contributed by atoms with E-state index in [1.165, 1.54) is 12.8 Å². The molecular formula is C15H29NO. The van der Waals surface area contributed by atoms with Crippen molar-refractivity contribution in [3.05, 3.63) is 12.7 Å². The Hall–Kier alpha value is -0.340. The highest BCUT2D eigenvalue weighted by Crippen LogP contribution is 2.35. The second-order valence-electron chi connectivity index (χ2n) is 5.37. The van der Waals surface area contributed by atoms with E-state index in [1.807, 2.05) is 6.08 Å². The van der Waals surface area contributed by atoms with Gasteiger partial charge in [-0.1, -0.05) is 19.9 Å². The fourth-order valence-electron chi connectivity index (χ4n) is 3.16. The lowest BCUT2D eigenvalue weighted by atomic mass is 9.81. The number of hydrogen-bond acceptors (Lipinski definition) is 2. The van der Waals surface area contributed by atoms with E-state index in [4.69, 9.17) is 4.74 Å². The van der Waals surface area contributed by atoms with Crippen molar-refractivity contribution < 1.29 is 4.74 Å². The normalized spacial score (nSPS) is 34.8. The van der Waals surface area contributed by atoms with Crippen LogP contribution in [-0.2, 0) is 4.74 Å². The molecule has 0 spiro atoms. The first-order chi connectivity index (χ1) is 8.11. The molecule has 0 aliphatic carbocycles. The second-order valence-corrected chi connectivity index (χ2v) is 5.37. The molecule has 2 nitrogen and oxygen atoms in total. The Bertz CT molecular complexity index is 229. The molecule has 0 aromatic carbocycles. The maximum absolute atomic E-state index is 5.96. The fourth-order valence-corrected chi connectivity index (χ4v) is 3.16. The number of hydrogen-bond donors (Lipinski definition) is 1. The summed E-state index contributed by atoms with van der Waals surface area (Å²) in [6, 6.07) is 0.592. The summed E-state index contributed by atoms with van der Waals surface area (Å²) in [5, 5.41) is 3.65. The molecule has 0 aromatic heterocycles. The highest BCUT2D eigenvalue weighted by atomic mass is 16.5. The van der Waals surface area contributed by atoms with Crippen LogP contribution in [0.2, 0.25) is 0 Å². The molecule has 0 saturated carbocycles. The number of unbranched alkanes of at least 4 members (excludes halogenated alkanes) is 1. The summed E-state index contributed by atoms with van der Waals surface area (Å²) in [4.78, 5) is 0. The van der Waals surface area contributed by atoms with Crippen LogP contribution in [0.1, 0.15) is 47.0 Å². The minimum Gasteiger partial charge on any atom is -0.375 e. The number of ether oxygens (including phenoxy) is 1. The van der Waals surface area contributed by atoms with E-state index in [1.54, 1.807) is 0 Å². The van der Waals surface area contributed by atoms with Gasteiger partial charge in [0.05, 0.1) is 12.2 Å². The third-order valence-corrected chi connectivity index (χ3v) is 4.17. The zero-order chi connectivity index (χ0) is 12.8. The van der Waals surface area contributed by atoms with Crippen molar-refractivity contribution in [2.45, 2.75) is 65.2 Å². The summed E-state index contributed by atoms with van der Waals surface area (Å²) < 4.78 is 5.96. The Balaban J connectivity index is 2.58. The van der Waals surface area contributed by atoms with Crippen LogP contribution in [0.25, 0.3) is 0 Å². The van der Waals surface area contributed by atoms with Crippen LogP contribution < -0.4 is 5.32 Å². The molecule has 1 aliphatic heterocycles. The summed E-state index contributed by atoms with van der Waals surface area (Å²) in [6.07, 6.45) is 6.38. The van der Waals surface area contributed by atoms with Crippen LogP contribution >= 0.6 is 0 Å². The molecule has 5 atom stereocenters. The van der Waals surface area contributed by atoms with Gasteiger partial charge >= 0.3 is 0 Å². The predicted octanol–water partition coefficient (Wildman–Crippen LogP) is 3.38. The van der Waals surface area contributed by atoms with Gasteiger partial charge < -0.3 is 10.1 Å². The number of nitrogens with one attached hydrogen (secondary N) is 1. The average molecular weight is 239 g/mol. The van der Waals surface area contributed by atoms with Crippen LogP contribution in [0.15, 0.2) is 12.7 Å². The fraction of sp³-hybridized carbons (Fsp3) is 0.867. The molecule has 5 unspecified atom stereocenters. The Morgan fingerprint density at radius 3 is 2.47 bits per heavy atom. The van der Waals surface area contributed by atoms with Gasteiger partial charge in [-0.2, -0.15) is 0 Å². The van der Waals surface area contributed by atoms with E-state index in [2.05, 4.69) is 39.6 Å². The maximum Gasteiger partial charge on any atom is 0.0597 e. The Kier molecular flexibility index (Phi) is 6.21. The van der Waals surface area contributed by atoms with Crippen molar-refractivity contribution in [3.63, 3.8) is 0 Å². The summed E-state index contributed by atoms with van der Waals surface area (Å²) in [5.41, 5.74) is 0. The SMILES string of the molecule is C=CCCCC(NCC)C1C(C)OC(C)C1C. The van der Waals surface area contributed by atoms with E-state index in [0.717, 1.165) is 13.0 Å². The molecule has 1 fully saturated rings. The minimum atomic E-state index is 0.382. The molecule has 0 amide bonds. The zero-order valence-electron chi connectivity index (χ0n) is 11.9. The molecule has 1 heterocycles. The largest absolute Gasteiger partial charge is 0.375 e. The van der Waals surface area contributed by atoms with Gasteiger partial charge in [-0.3, -0.25) is 0 Å². The van der Waals surface area contributed by atoms with Crippen molar-refractivity contribution in [1.82, 2.24) is 5.32 Å². The Morgan fingerprint density at radius 1 is 1.29 bits per heavy atom. The van der Waals surface area contributed by atoms with Gasteiger partial charge in [0, 0.05) is 12.0 Å². The van der Waals surface area contributed by atoms with Gasteiger partial charge in [-0.05, 0) is 45.6 Å². The van der Waals surface area contributed by atoms with Gasteiger partial charge in [0.1, 0.15) is 0 Å². The summed E-state index contributed by atoms with van der Waals surface area (Å²) >= 11 is 0. The van der Waals surface area contributed by atoms with Gasteiger partial charge in [0.15, 0.2) is 0 Å². The molecule has 100 valence electrons. The van der Waals surface area contributed by atoms with Crippen LogP contribution in [0.4, 0.5) is 0 Å². The van der Waals surface area contributed by atoms with Crippen molar-refractivity contribution in [2.75, 3.05) is 6.54 Å². The highest BCUT2D eigenvalue weighted by Gasteiger charge is 2.40. The topological polar surface area (TPSA) is 21.3 Å². The molecule has 1 aliphatic rings. The van der Waals surface area contributed by atoms with Gasteiger partial charge in [0.2, 0.25) is 0 Å². The van der Waals surface area contributed by atoms with Crippen LogP contribution in [-0.4, -0.2) is 24.8 Å². The van der Waals surface area contributed by atoms with Crippen molar-refractivity contribution in [1.29, 1.82) is 0 Å². The second kappa shape index (κ2) is 7.17. The first-order valence-corrected chi connectivity index (χ1v) is 7.11. The first-order valence-electron chi connectivity index (χ1n) is 7.11. The lowest BCUT2D eigenvalue weighted by Gasteiger charge is -2.29. The molecule has 0 bridgehead atoms. The predicted molar refractivity (Wildman–Crippen MR) is 74.2 cm³/mol. The monoisotopic (exact) mass is 239 g/mol. The molecule has 0 radical (unpaired) electrons. The number of allylic oxidation sites excluding steroid dienone is 1. The third-order valence-electron chi connectivity index (χ3n) is 4.17. The van der Waals surface area contributed by atoms with E-state index in [-0.39, 0.29) is 0 Å². The van der Waals surface area contributed by atoms with E-state index >= 15 is 0 Å². The van der Waals surface area contributed by atoms with E-state index in [0.29, 0.717) is 30.1 Å². The molecule has 1 saturated heterocycles. The summed E-state index contributed by atoms with van der Waals surface area (Å²) in [6.45, 7) is 13.8. The van der Waals surface area contributed by atoms with Crippen LogP contribution in [0, 0.1) is 11.8 Å². The zero-order valence-corrected chi connectivity index (χ0v) is 11.9. The smallest absolute Gasteiger partial charge is 0.0597 e. The minimum absolute atomic E-state index is 0.382. The average Bonchev–Trinajstić information content (AvgIpc) is 2.53. The van der Waals surface area contributed by atoms with Crippen molar-refractivity contribution >= 4 is 0 Å². The lowest BCUT2D eigenvalue weighted by Crippen LogP contribution is -2.41. The summed E-state index contributed by atoms with van der Waals surface area (Å²) in [7, 11) is 0. The number of rotatable bonds is 7. The Labute approximate surface area is 107 Å². The van der Waals surface area contributed by atoms with Crippen LogP contribution in [0.3, 0.4) is 0 Å². The molecule has 17 heavy (non-hydrogen) atoms. The van der Waals surface area contributed by atoms with Gasteiger partial charge in [-0.25, -0.2) is 0 Å². The molecule has 1 N–H and O–H groups in total. The van der Waals surface area contributed by atoms with E-state index in [9.17, 15) is 0 Å². The first kappa shape index (κ1) is 14.7. The summed E-state index contributed by atoms with van der Waals surface area (Å²) in [5.74, 6) is 1.30. The lowest BCUT2D eigenvalue weighted by molar-refractivity contribution is 0.0472. The molecule has 2 heteroatoms. The van der Waals surface area contributed by atoms with E-state index < -0.39 is 0 Å². The molecule has 1 rings (SSSR count). The highest BCUT2D eigenvalue weighted by molar-refractivity contribution is 4.91. The van der Waals surface area contributed by atoms with Crippen molar-refractivity contribution in [3.8, 4) is 0 Å². The maximum atomic E-state index is 5.96. The Morgan fingerprint density at radius 2 is 2.00 bits per heavy atom. The van der Waals surface area contributed by atoms with Crippen LogP contribution in [0.5, 0.6) is 0 Å². The molecule has 0 aromatic rings. The van der Waals surface area contributed by atoms with Crippen molar-refractivity contribution in [2.24, 2.45) is 11.8 Å².